The van der Waals surface area contributed by atoms with Crippen LogP contribution in [0.2, 0.25) is 0 Å². The van der Waals surface area contributed by atoms with Crippen LogP contribution in [-0.4, -0.2) is 35.4 Å². The molecule has 1 saturated carbocycles. The van der Waals surface area contributed by atoms with Crippen LogP contribution in [-0.2, 0) is 19.7 Å². The fourth-order valence-electron chi connectivity index (χ4n) is 2.80. The first kappa shape index (κ1) is 17.3. The van der Waals surface area contributed by atoms with Gasteiger partial charge in [-0.05, 0) is 31.0 Å². The third-order valence-corrected chi connectivity index (χ3v) is 6.24. The number of hydrogen-bond acceptors (Lipinski definition) is 5. The highest BCUT2D eigenvalue weighted by atomic mass is 32.2. The summed E-state index contributed by atoms with van der Waals surface area (Å²) >= 11 is 0. The van der Waals surface area contributed by atoms with Crippen molar-refractivity contribution in [1.29, 1.82) is 0 Å². The fraction of sp³-hybridized carbons (Fsp3) is 0.600. The quantitative estimate of drug-likeness (QED) is 0.849. The van der Waals surface area contributed by atoms with E-state index < -0.39 is 19.7 Å². The minimum atomic E-state index is -3.50. The van der Waals surface area contributed by atoms with Gasteiger partial charge in [-0.1, -0.05) is 25.7 Å². The standard InChI is InChI=1S/C15H23NO4S2/c1-21(17,18)13-9-10-14(15(11-13)22(2,19)20)16-12-7-5-3-4-6-8-12/h9-12,16H,3-8H2,1-2H3. The minimum absolute atomic E-state index is 0.0272. The van der Waals surface area contributed by atoms with Crippen molar-refractivity contribution in [1.82, 2.24) is 0 Å². The number of anilines is 1. The van der Waals surface area contributed by atoms with Crippen LogP contribution in [0.25, 0.3) is 0 Å². The summed E-state index contributed by atoms with van der Waals surface area (Å²) in [5.41, 5.74) is 0.502. The lowest BCUT2D eigenvalue weighted by atomic mass is 10.1. The van der Waals surface area contributed by atoms with Crippen molar-refractivity contribution >= 4 is 25.4 Å². The molecule has 1 aromatic rings. The Morgan fingerprint density at radius 1 is 0.909 bits per heavy atom. The Morgan fingerprint density at radius 3 is 2.00 bits per heavy atom. The molecule has 0 spiro atoms. The molecule has 7 heteroatoms. The molecule has 1 fully saturated rings. The van der Waals surface area contributed by atoms with Gasteiger partial charge in [0.15, 0.2) is 19.7 Å². The third kappa shape index (κ3) is 4.46. The molecule has 2 rings (SSSR count). The molecule has 0 unspecified atom stereocenters. The summed E-state index contributed by atoms with van der Waals surface area (Å²) < 4.78 is 47.3. The Labute approximate surface area is 133 Å². The van der Waals surface area contributed by atoms with E-state index in [9.17, 15) is 16.8 Å². The van der Waals surface area contributed by atoms with Gasteiger partial charge in [-0.2, -0.15) is 0 Å². The number of benzene rings is 1. The molecule has 1 aliphatic carbocycles. The zero-order valence-corrected chi connectivity index (χ0v) is 14.6. The normalized spacial score (nSPS) is 17.9. The van der Waals surface area contributed by atoms with Gasteiger partial charge in [0.05, 0.1) is 15.5 Å². The highest BCUT2D eigenvalue weighted by Crippen LogP contribution is 2.28. The van der Waals surface area contributed by atoms with Crippen LogP contribution in [0.5, 0.6) is 0 Å². The summed E-state index contributed by atoms with van der Waals surface area (Å²) in [5, 5.41) is 3.30. The Morgan fingerprint density at radius 2 is 1.50 bits per heavy atom. The number of nitrogens with one attached hydrogen (secondary N) is 1. The highest BCUT2D eigenvalue weighted by molar-refractivity contribution is 7.91. The number of rotatable bonds is 4. The molecule has 0 aromatic heterocycles. The van der Waals surface area contributed by atoms with E-state index in [2.05, 4.69) is 5.32 Å². The second kappa shape index (κ2) is 6.58. The first-order valence-electron chi connectivity index (χ1n) is 7.48. The van der Waals surface area contributed by atoms with Crippen LogP contribution in [0, 0.1) is 0 Å². The van der Waals surface area contributed by atoms with Crippen molar-refractivity contribution in [3.63, 3.8) is 0 Å². The zero-order chi connectivity index (χ0) is 16.4. The second-order valence-corrected chi connectivity index (χ2v) is 10.0. The average Bonchev–Trinajstić information content (AvgIpc) is 2.65. The van der Waals surface area contributed by atoms with Gasteiger partial charge in [0.2, 0.25) is 0 Å². The van der Waals surface area contributed by atoms with Crippen molar-refractivity contribution in [2.75, 3.05) is 17.8 Å². The van der Waals surface area contributed by atoms with Crippen LogP contribution in [0.1, 0.15) is 38.5 Å². The SMILES string of the molecule is CS(=O)(=O)c1ccc(NC2CCCCCC2)c(S(C)(=O)=O)c1. The van der Waals surface area contributed by atoms with Crippen molar-refractivity contribution in [3.05, 3.63) is 18.2 Å². The summed E-state index contributed by atoms with van der Waals surface area (Å²) in [7, 11) is -6.94. The zero-order valence-electron chi connectivity index (χ0n) is 13.0. The fourth-order valence-corrected chi connectivity index (χ4v) is 4.39. The van der Waals surface area contributed by atoms with Gasteiger partial charge < -0.3 is 5.32 Å². The van der Waals surface area contributed by atoms with Crippen molar-refractivity contribution in [2.45, 2.75) is 54.4 Å². The lowest BCUT2D eigenvalue weighted by Gasteiger charge is -2.20. The van der Waals surface area contributed by atoms with E-state index in [1.807, 2.05) is 0 Å². The molecule has 0 atom stereocenters. The Hall–Kier alpha value is -1.08. The topological polar surface area (TPSA) is 80.3 Å². The Kier molecular flexibility index (Phi) is 5.17. The first-order valence-corrected chi connectivity index (χ1v) is 11.3. The molecule has 5 nitrogen and oxygen atoms in total. The molecule has 0 aliphatic heterocycles. The number of sulfone groups is 2. The van der Waals surface area contributed by atoms with E-state index in [4.69, 9.17) is 0 Å². The molecule has 22 heavy (non-hydrogen) atoms. The number of hydrogen-bond donors (Lipinski definition) is 1. The third-order valence-electron chi connectivity index (χ3n) is 4.00. The first-order chi connectivity index (χ1) is 10.2. The molecular weight excluding hydrogens is 322 g/mol. The summed E-state index contributed by atoms with van der Waals surface area (Å²) in [6.07, 6.45) is 8.89. The minimum Gasteiger partial charge on any atom is -0.381 e. The lowest BCUT2D eigenvalue weighted by Crippen LogP contribution is -2.20. The maximum atomic E-state index is 12.0. The lowest BCUT2D eigenvalue weighted by molar-refractivity contribution is 0.598. The van der Waals surface area contributed by atoms with E-state index in [1.165, 1.54) is 25.0 Å². The summed E-state index contributed by atoms with van der Waals surface area (Å²) in [4.78, 5) is 0.0824. The van der Waals surface area contributed by atoms with Crippen LogP contribution in [0.4, 0.5) is 5.69 Å². The molecule has 0 radical (unpaired) electrons. The Bertz CT molecular complexity index is 731. The van der Waals surface area contributed by atoms with Crippen molar-refractivity contribution in [2.24, 2.45) is 0 Å². The van der Waals surface area contributed by atoms with Crippen LogP contribution in [0.3, 0.4) is 0 Å². The molecule has 1 N–H and O–H groups in total. The predicted octanol–water partition coefficient (Wildman–Crippen LogP) is 2.63. The van der Waals surface area contributed by atoms with E-state index in [-0.39, 0.29) is 15.8 Å². The largest absolute Gasteiger partial charge is 0.381 e. The molecular formula is C15H23NO4S2. The molecule has 0 saturated heterocycles. The molecule has 1 aliphatic rings. The van der Waals surface area contributed by atoms with E-state index in [1.54, 1.807) is 6.07 Å². The highest BCUT2D eigenvalue weighted by Gasteiger charge is 2.20. The second-order valence-electron chi connectivity index (χ2n) is 6.04. The van der Waals surface area contributed by atoms with Crippen LogP contribution < -0.4 is 5.32 Å². The van der Waals surface area contributed by atoms with Gasteiger partial charge >= 0.3 is 0 Å². The van der Waals surface area contributed by atoms with Crippen molar-refractivity contribution < 1.29 is 16.8 Å². The maximum absolute atomic E-state index is 12.0. The summed E-state index contributed by atoms with van der Waals surface area (Å²) in [6.45, 7) is 0. The van der Waals surface area contributed by atoms with E-state index in [0.29, 0.717) is 5.69 Å². The van der Waals surface area contributed by atoms with Crippen LogP contribution >= 0.6 is 0 Å². The average molecular weight is 345 g/mol. The Balaban J connectivity index is 2.38. The van der Waals surface area contributed by atoms with E-state index in [0.717, 1.165) is 38.2 Å². The molecule has 1 aromatic carbocycles. The van der Waals surface area contributed by atoms with Gasteiger partial charge in [0, 0.05) is 18.6 Å². The predicted molar refractivity (Wildman–Crippen MR) is 87.8 cm³/mol. The van der Waals surface area contributed by atoms with Gasteiger partial charge in [-0.25, -0.2) is 16.8 Å². The maximum Gasteiger partial charge on any atom is 0.177 e. The molecule has 0 heterocycles. The van der Waals surface area contributed by atoms with Crippen LogP contribution in [0.15, 0.2) is 28.0 Å². The van der Waals surface area contributed by atoms with Gasteiger partial charge in [-0.15, -0.1) is 0 Å². The molecule has 0 bridgehead atoms. The van der Waals surface area contributed by atoms with Crippen molar-refractivity contribution in [3.8, 4) is 0 Å². The molecule has 0 amide bonds. The van der Waals surface area contributed by atoms with Gasteiger partial charge in [0.1, 0.15) is 0 Å². The van der Waals surface area contributed by atoms with E-state index >= 15 is 0 Å². The van der Waals surface area contributed by atoms with Gasteiger partial charge in [-0.3, -0.25) is 0 Å². The summed E-state index contributed by atoms with van der Waals surface area (Å²) in [6, 6.07) is 4.52. The smallest absolute Gasteiger partial charge is 0.177 e. The molecule has 124 valence electrons. The monoisotopic (exact) mass is 345 g/mol. The van der Waals surface area contributed by atoms with Gasteiger partial charge in [0.25, 0.3) is 0 Å². The summed E-state index contributed by atoms with van der Waals surface area (Å²) in [5.74, 6) is 0.